The van der Waals surface area contributed by atoms with Gasteiger partial charge in [0.05, 0.1) is 0 Å². The van der Waals surface area contributed by atoms with Gasteiger partial charge in [-0.2, -0.15) is 0 Å². The number of nitrogens with zero attached hydrogens (tertiary/aromatic N) is 1. The van der Waals surface area contributed by atoms with Crippen LogP contribution in [-0.2, 0) is 32.7 Å². The average molecular weight is 176 g/mol. The van der Waals surface area contributed by atoms with Gasteiger partial charge in [-0.05, 0) is 13.0 Å². The van der Waals surface area contributed by atoms with Gasteiger partial charge in [-0.25, -0.2) is 0 Å². The summed E-state index contributed by atoms with van der Waals surface area (Å²) in [5.74, 6) is -0.120. The number of aliphatic imine (C=N–C) groups is 1. The molecule has 4 heteroatoms. The van der Waals surface area contributed by atoms with Gasteiger partial charge in [0.2, 0.25) is 0 Å². The Morgan fingerprint density at radius 2 is 1.86 bits per heavy atom. The first kappa shape index (κ1) is 15.7. The van der Waals surface area contributed by atoms with Crippen LogP contribution in [0.5, 0.6) is 0 Å². The second-order valence-corrected chi connectivity index (χ2v) is 0.609. The molecule has 0 radical (unpaired) electrons. The molecule has 3 nitrogen and oxygen atoms in total. The van der Waals surface area contributed by atoms with Crippen LogP contribution in [0.1, 0.15) is 0 Å². The summed E-state index contributed by atoms with van der Waals surface area (Å²) in [7, 11) is 1.47. The SMILES string of the molecule is CN=C([NH-])N.[CH3-].[Y+3]. The first-order chi connectivity index (χ1) is 2.27. The minimum atomic E-state index is -0.120. The summed E-state index contributed by atoms with van der Waals surface area (Å²) >= 11 is 0. The van der Waals surface area contributed by atoms with Crippen LogP contribution in [-0.4, -0.2) is 13.0 Å². The summed E-state index contributed by atoms with van der Waals surface area (Å²) in [6, 6.07) is 0. The van der Waals surface area contributed by atoms with Crippen molar-refractivity contribution in [3.05, 3.63) is 13.2 Å². The van der Waals surface area contributed by atoms with Crippen LogP contribution in [0, 0.1) is 7.43 Å². The van der Waals surface area contributed by atoms with E-state index < -0.39 is 0 Å². The number of nitrogens with two attached hydrogens (primary N) is 1. The van der Waals surface area contributed by atoms with Crippen molar-refractivity contribution in [2.75, 3.05) is 7.05 Å². The summed E-state index contributed by atoms with van der Waals surface area (Å²) in [6.07, 6.45) is 0. The molecule has 0 rings (SSSR count). The van der Waals surface area contributed by atoms with Gasteiger partial charge >= 0.3 is 32.7 Å². The summed E-state index contributed by atoms with van der Waals surface area (Å²) in [5, 5.41) is 0. The topological polar surface area (TPSA) is 62.2 Å². The monoisotopic (exact) mass is 176 g/mol. The molecule has 0 aromatic heterocycles. The maximum Gasteiger partial charge on any atom is 3.00 e. The molecule has 0 amide bonds. The third-order valence-electron chi connectivity index (χ3n) is 0.241. The van der Waals surface area contributed by atoms with Crippen molar-refractivity contribution < 1.29 is 32.7 Å². The molecule has 0 bridgehead atoms. The quantitative estimate of drug-likeness (QED) is 0.324. The van der Waals surface area contributed by atoms with Gasteiger partial charge < -0.3 is 23.9 Å². The Labute approximate surface area is 69.4 Å². The van der Waals surface area contributed by atoms with Gasteiger partial charge in [-0.15, -0.1) is 0 Å². The van der Waals surface area contributed by atoms with Crippen molar-refractivity contribution in [2.45, 2.75) is 0 Å². The molecule has 0 aliphatic heterocycles. The Bertz CT molecular complexity index is 48.1. The van der Waals surface area contributed by atoms with E-state index in [-0.39, 0.29) is 46.1 Å². The minimum Gasteiger partial charge on any atom is -0.454 e. The summed E-state index contributed by atoms with van der Waals surface area (Å²) in [4.78, 5) is 3.25. The first-order valence-electron chi connectivity index (χ1n) is 1.21. The Hall–Kier alpha value is 0.374. The fourth-order valence-corrected chi connectivity index (χ4v) is 0. The number of hydrogen-bond acceptors (Lipinski definition) is 1. The molecule has 0 spiro atoms. The number of guanidine groups is 1. The maximum atomic E-state index is 6.35. The fourth-order valence-electron chi connectivity index (χ4n) is 0. The van der Waals surface area contributed by atoms with Gasteiger partial charge in [0.15, 0.2) is 0 Å². The molecule has 7 heavy (non-hydrogen) atoms. The number of nitrogens with one attached hydrogen (secondary N) is 1. The molecule has 3 N–H and O–H groups in total. The van der Waals surface area contributed by atoms with Crippen LogP contribution in [0.25, 0.3) is 5.73 Å². The summed E-state index contributed by atoms with van der Waals surface area (Å²) in [5.41, 5.74) is 11.1. The predicted octanol–water partition coefficient (Wildman–Crippen LogP) is 0.431. The zero-order valence-electron chi connectivity index (χ0n) is 4.60. The number of hydrogen-bond donors (Lipinski definition) is 1. The van der Waals surface area contributed by atoms with E-state index in [4.69, 9.17) is 11.5 Å². The van der Waals surface area contributed by atoms with E-state index in [1.165, 1.54) is 7.05 Å². The molecule has 0 saturated heterocycles. The molecular weight excluding hydrogens is 167 g/mol. The second kappa shape index (κ2) is 9.62. The molecule has 0 aliphatic carbocycles. The van der Waals surface area contributed by atoms with Gasteiger partial charge in [-0.1, -0.05) is 0 Å². The van der Waals surface area contributed by atoms with Crippen LogP contribution in [0.15, 0.2) is 4.99 Å². The molecule has 0 unspecified atom stereocenters. The molecule has 0 atom stereocenters. The smallest absolute Gasteiger partial charge is 0.454 e. The summed E-state index contributed by atoms with van der Waals surface area (Å²) in [6.45, 7) is 0. The third kappa shape index (κ3) is 21.6. The van der Waals surface area contributed by atoms with Crippen molar-refractivity contribution in [3.8, 4) is 0 Å². The number of rotatable bonds is 0. The van der Waals surface area contributed by atoms with Gasteiger partial charge in [0, 0.05) is 0 Å². The van der Waals surface area contributed by atoms with Crippen molar-refractivity contribution in [3.63, 3.8) is 0 Å². The van der Waals surface area contributed by atoms with Gasteiger partial charge in [-0.3, -0.25) is 0 Å². The molecule has 0 aromatic rings. The molecule has 0 saturated carbocycles. The van der Waals surface area contributed by atoms with E-state index in [9.17, 15) is 0 Å². The Morgan fingerprint density at radius 3 is 1.86 bits per heavy atom. The van der Waals surface area contributed by atoms with Crippen molar-refractivity contribution in [1.82, 2.24) is 0 Å². The Morgan fingerprint density at radius 1 is 1.71 bits per heavy atom. The minimum absolute atomic E-state index is 0. The van der Waals surface area contributed by atoms with Crippen LogP contribution >= 0.6 is 0 Å². The van der Waals surface area contributed by atoms with Crippen LogP contribution < -0.4 is 5.73 Å². The van der Waals surface area contributed by atoms with E-state index >= 15 is 0 Å². The van der Waals surface area contributed by atoms with E-state index in [0.717, 1.165) is 0 Å². The van der Waals surface area contributed by atoms with Crippen molar-refractivity contribution in [2.24, 2.45) is 10.7 Å². The first-order valence-corrected chi connectivity index (χ1v) is 1.21. The molecule has 0 aromatic carbocycles. The zero-order valence-corrected chi connectivity index (χ0v) is 7.44. The standard InChI is InChI=1S/C2H6N3.CH3.Y/c1-5-2(3)4;;/h1H3,(H3-,3,4,5);1H3;/q2*-1;+3. The van der Waals surface area contributed by atoms with E-state index in [1.54, 1.807) is 0 Å². The summed E-state index contributed by atoms with van der Waals surface area (Å²) < 4.78 is 0. The Kier molecular flexibility index (Phi) is 21.5. The molecule has 0 fully saturated rings. The fraction of sp³-hybridized carbons (Fsp3) is 0.333. The van der Waals surface area contributed by atoms with Gasteiger partial charge in [0.1, 0.15) is 0 Å². The van der Waals surface area contributed by atoms with E-state index in [0.29, 0.717) is 0 Å². The molecule has 38 valence electrons. The second-order valence-electron chi connectivity index (χ2n) is 0.609. The maximum absolute atomic E-state index is 6.35. The average Bonchev–Trinajstić information content (AvgIpc) is 1.38. The largest absolute Gasteiger partial charge is 3.00 e. The van der Waals surface area contributed by atoms with Gasteiger partial charge in [0.25, 0.3) is 0 Å². The normalized spacial score (nSPS) is 8.43. The van der Waals surface area contributed by atoms with Crippen LogP contribution in [0.3, 0.4) is 0 Å². The molecular formula is C3H9N3Y+. The van der Waals surface area contributed by atoms with E-state index in [1.807, 2.05) is 0 Å². The van der Waals surface area contributed by atoms with Crippen molar-refractivity contribution >= 4 is 5.96 Å². The zero-order chi connectivity index (χ0) is 4.28. The Balaban J connectivity index is -0.0000000800. The van der Waals surface area contributed by atoms with E-state index in [2.05, 4.69) is 4.99 Å². The van der Waals surface area contributed by atoms with Crippen molar-refractivity contribution in [1.29, 1.82) is 0 Å². The molecule has 0 aliphatic rings. The van der Waals surface area contributed by atoms with Crippen LogP contribution in [0.4, 0.5) is 0 Å². The third-order valence-corrected chi connectivity index (χ3v) is 0.241. The van der Waals surface area contributed by atoms with Crippen LogP contribution in [0.2, 0.25) is 0 Å². The predicted molar refractivity (Wildman–Crippen MR) is 28.3 cm³/mol. The molecule has 0 heterocycles.